The molecule has 0 radical (unpaired) electrons. The zero-order valence-electron chi connectivity index (χ0n) is 17.3. The van der Waals surface area contributed by atoms with Crippen LogP contribution in [0, 0.1) is 0 Å². The van der Waals surface area contributed by atoms with Crippen molar-refractivity contribution in [2.24, 2.45) is 0 Å². The molecule has 0 aromatic heterocycles. The predicted molar refractivity (Wildman–Crippen MR) is 118 cm³/mol. The van der Waals surface area contributed by atoms with Crippen LogP contribution in [-0.2, 0) is 4.43 Å². The fraction of sp³-hybridized carbons (Fsp3) is 0.478. The average molecular weight is 401 g/mol. The fourth-order valence-corrected chi connectivity index (χ4v) is 8.89. The molecule has 0 amide bonds. The van der Waals surface area contributed by atoms with E-state index in [-0.39, 0.29) is 5.04 Å². The van der Waals surface area contributed by atoms with Crippen LogP contribution in [0.25, 0.3) is 0 Å². The summed E-state index contributed by atoms with van der Waals surface area (Å²) in [6.07, 6.45) is -0.426. The topological polar surface area (TPSA) is 24.5 Å². The van der Waals surface area contributed by atoms with Crippen LogP contribution in [-0.4, -0.2) is 58.7 Å². The summed E-state index contributed by atoms with van der Waals surface area (Å²) in [6.45, 7) is 10.7. The molecule has 1 saturated heterocycles. The number of benzene rings is 2. The van der Waals surface area contributed by atoms with Gasteiger partial charge in [-0.25, -0.2) is 4.39 Å². The van der Waals surface area contributed by atoms with Gasteiger partial charge in [-0.05, 0) is 15.4 Å². The molecule has 5 heteroatoms. The molecular formula is C23H33FN2OSi. The lowest BCUT2D eigenvalue weighted by atomic mass is 10.2. The standard InChI is InChI=1S/C23H33FN2OSi/c1-23(2,3)28(21-10-6-4-7-11-21,22-12-8-5-9-13-22)27-20(18-24)19-26-16-14-25-15-17-26/h4-13,20,25H,14-19H2,1-3H3. The van der Waals surface area contributed by atoms with Gasteiger partial charge in [0.2, 0.25) is 0 Å². The molecule has 1 heterocycles. The van der Waals surface area contributed by atoms with Gasteiger partial charge in [0.25, 0.3) is 8.32 Å². The van der Waals surface area contributed by atoms with E-state index >= 15 is 0 Å². The monoisotopic (exact) mass is 400 g/mol. The summed E-state index contributed by atoms with van der Waals surface area (Å²) in [7, 11) is -2.70. The molecule has 1 unspecified atom stereocenters. The number of hydrogen-bond acceptors (Lipinski definition) is 3. The number of nitrogens with one attached hydrogen (secondary N) is 1. The van der Waals surface area contributed by atoms with E-state index in [2.05, 4.69) is 79.5 Å². The van der Waals surface area contributed by atoms with Gasteiger partial charge in [-0.3, -0.25) is 4.90 Å². The second kappa shape index (κ2) is 9.31. The first-order valence-electron chi connectivity index (χ1n) is 10.3. The van der Waals surface area contributed by atoms with Gasteiger partial charge in [0.15, 0.2) is 0 Å². The highest BCUT2D eigenvalue weighted by Crippen LogP contribution is 2.37. The third-order valence-electron chi connectivity index (χ3n) is 5.60. The summed E-state index contributed by atoms with van der Waals surface area (Å²) in [5.41, 5.74) is 0. The Labute approximate surface area is 170 Å². The third-order valence-corrected chi connectivity index (χ3v) is 10.7. The van der Waals surface area contributed by atoms with Crippen molar-refractivity contribution in [3.05, 3.63) is 60.7 Å². The first-order valence-corrected chi connectivity index (χ1v) is 12.2. The summed E-state index contributed by atoms with van der Waals surface area (Å²) >= 11 is 0. The lowest BCUT2D eigenvalue weighted by molar-refractivity contribution is 0.0946. The molecule has 3 nitrogen and oxygen atoms in total. The van der Waals surface area contributed by atoms with Gasteiger partial charge in [0, 0.05) is 32.7 Å². The average Bonchev–Trinajstić information content (AvgIpc) is 2.72. The van der Waals surface area contributed by atoms with Crippen LogP contribution >= 0.6 is 0 Å². The third kappa shape index (κ3) is 4.54. The Balaban J connectivity index is 2.02. The van der Waals surface area contributed by atoms with Gasteiger partial charge in [-0.1, -0.05) is 81.4 Å². The first kappa shape index (κ1) is 21.2. The molecule has 152 valence electrons. The van der Waals surface area contributed by atoms with Crippen LogP contribution in [0.3, 0.4) is 0 Å². The first-order chi connectivity index (χ1) is 13.5. The van der Waals surface area contributed by atoms with Gasteiger partial charge < -0.3 is 9.74 Å². The van der Waals surface area contributed by atoms with E-state index < -0.39 is 21.1 Å². The number of nitrogens with zero attached hydrogens (tertiary/aromatic N) is 1. The highest BCUT2D eigenvalue weighted by Gasteiger charge is 2.51. The summed E-state index contributed by atoms with van der Waals surface area (Å²) in [5, 5.41) is 5.63. The van der Waals surface area contributed by atoms with Gasteiger partial charge >= 0.3 is 0 Å². The van der Waals surface area contributed by atoms with Crippen LogP contribution in [0.5, 0.6) is 0 Å². The fourth-order valence-electron chi connectivity index (χ4n) is 4.24. The van der Waals surface area contributed by atoms with Crippen molar-refractivity contribution in [1.82, 2.24) is 10.2 Å². The van der Waals surface area contributed by atoms with Crippen molar-refractivity contribution in [3.63, 3.8) is 0 Å². The van der Waals surface area contributed by atoms with Crippen LogP contribution in [0.2, 0.25) is 5.04 Å². The molecule has 28 heavy (non-hydrogen) atoms. The van der Waals surface area contributed by atoms with E-state index in [9.17, 15) is 4.39 Å². The summed E-state index contributed by atoms with van der Waals surface area (Å²) in [5.74, 6) is 0. The molecule has 0 bridgehead atoms. The normalized spacial score (nSPS) is 17.4. The molecule has 3 rings (SSSR count). The second-order valence-electron chi connectivity index (χ2n) is 8.61. The lowest BCUT2D eigenvalue weighted by Gasteiger charge is -2.45. The number of halogens is 1. The van der Waals surface area contributed by atoms with E-state index in [0.29, 0.717) is 6.54 Å². The molecule has 1 atom stereocenters. The highest BCUT2D eigenvalue weighted by molar-refractivity contribution is 6.99. The maximum Gasteiger partial charge on any atom is 0.261 e. The predicted octanol–water partition coefficient (Wildman–Crippen LogP) is 2.81. The van der Waals surface area contributed by atoms with Gasteiger partial charge in [0.1, 0.15) is 6.67 Å². The zero-order valence-corrected chi connectivity index (χ0v) is 18.3. The quantitative estimate of drug-likeness (QED) is 0.724. The van der Waals surface area contributed by atoms with Gasteiger partial charge in [-0.15, -0.1) is 0 Å². The summed E-state index contributed by atoms with van der Waals surface area (Å²) in [6, 6.07) is 21.0. The molecule has 2 aromatic rings. The number of hydrogen-bond donors (Lipinski definition) is 1. The second-order valence-corrected chi connectivity index (χ2v) is 12.9. The van der Waals surface area contributed by atoms with E-state index in [4.69, 9.17) is 4.43 Å². The molecular weight excluding hydrogens is 367 g/mol. The van der Waals surface area contributed by atoms with Crippen molar-refractivity contribution in [1.29, 1.82) is 0 Å². The van der Waals surface area contributed by atoms with Crippen molar-refractivity contribution in [2.75, 3.05) is 39.4 Å². The van der Waals surface area contributed by atoms with E-state index in [1.165, 1.54) is 10.4 Å². The molecule has 0 saturated carbocycles. The smallest absolute Gasteiger partial charge is 0.261 e. The van der Waals surface area contributed by atoms with E-state index in [1.807, 2.05) is 12.1 Å². The maximum atomic E-state index is 14.2. The molecule has 1 aliphatic heterocycles. The summed E-state index contributed by atoms with van der Waals surface area (Å²) in [4.78, 5) is 2.32. The molecule has 1 fully saturated rings. The van der Waals surface area contributed by atoms with Crippen molar-refractivity contribution in [3.8, 4) is 0 Å². The molecule has 1 aliphatic rings. The minimum atomic E-state index is -2.70. The Hall–Kier alpha value is -1.53. The SMILES string of the molecule is CC(C)(C)[Si](OC(CF)CN1CCNCC1)(c1ccccc1)c1ccccc1. The Bertz CT molecular complexity index is 675. The largest absolute Gasteiger partial charge is 0.400 e. The minimum Gasteiger partial charge on any atom is -0.400 e. The Morgan fingerprint density at radius 3 is 1.89 bits per heavy atom. The summed E-state index contributed by atoms with van der Waals surface area (Å²) < 4.78 is 21.1. The Morgan fingerprint density at radius 2 is 1.46 bits per heavy atom. The molecule has 0 spiro atoms. The van der Waals surface area contributed by atoms with Crippen LogP contribution in [0.1, 0.15) is 20.8 Å². The van der Waals surface area contributed by atoms with Gasteiger partial charge in [0.05, 0.1) is 6.10 Å². The maximum absolute atomic E-state index is 14.2. The van der Waals surface area contributed by atoms with Crippen LogP contribution in [0.15, 0.2) is 60.7 Å². The number of alkyl halides is 1. The van der Waals surface area contributed by atoms with E-state index in [1.54, 1.807) is 0 Å². The van der Waals surface area contributed by atoms with Crippen LogP contribution in [0.4, 0.5) is 4.39 Å². The minimum absolute atomic E-state index is 0.132. The molecule has 2 aromatic carbocycles. The number of piperazine rings is 1. The van der Waals surface area contributed by atoms with Crippen LogP contribution < -0.4 is 15.7 Å². The highest BCUT2D eigenvalue weighted by atomic mass is 28.4. The van der Waals surface area contributed by atoms with E-state index in [0.717, 1.165) is 26.2 Å². The lowest BCUT2D eigenvalue weighted by Crippen LogP contribution is -2.68. The number of rotatable bonds is 7. The van der Waals surface area contributed by atoms with Crippen molar-refractivity contribution < 1.29 is 8.82 Å². The molecule has 1 N–H and O–H groups in total. The van der Waals surface area contributed by atoms with Gasteiger partial charge in [-0.2, -0.15) is 0 Å². The van der Waals surface area contributed by atoms with Crippen molar-refractivity contribution in [2.45, 2.75) is 31.9 Å². The Kier molecular flexibility index (Phi) is 7.04. The zero-order chi connectivity index (χ0) is 20.0. The Morgan fingerprint density at radius 1 is 0.964 bits per heavy atom. The van der Waals surface area contributed by atoms with Crippen molar-refractivity contribution >= 4 is 18.7 Å². The molecule has 0 aliphatic carbocycles.